The van der Waals surface area contributed by atoms with E-state index in [9.17, 15) is 9.18 Å². The van der Waals surface area contributed by atoms with Crippen molar-refractivity contribution in [3.05, 3.63) is 47.0 Å². The Morgan fingerprint density at radius 2 is 2.19 bits per heavy atom. The topological polar surface area (TPSA) is 106 Å². The van der Waals surface area contributed by atoms with Crippen LogP contribution in [0.5, 0.6) is 0 Å². The number of anilines is 1. The Hall–Kier alpha value is -2.90. The number of aryl methyl sites for hydroxylation is 2. The van der Waals surface area contributed by atoms with Crippen molar-refractivity contribution < 1.29 is 14.4 Å². The minimum absolute atomic E-state index is 0.0902. The molecule has 110 valence electrons. The molecule has 0 radical (unpaired) electrons. The van der Waals surface area contributed by atoms with Gasteiger partial charge in [0.05, 0.1) is 16.9 Å². The first-order chi connectivity index (χ1) is 9.92. The van der Waals surface area contributed by atoms with E-state index in [1.807, 2.05) is 0 Å². The zero-order valence-electron chi connectivity index (χ0n) is 11.5. The number of oxime groups is 1. The minimum atomic E-state index is -0.563. The van der Waals surface area contributed by atoms with E-state index in [0.29, 0.717) is 11.3 Å². The summed E-state index contributed by atoms with van der Waals surface area (Å²) in [5.74, 6) is -1.28. The molecule has 0 spiro atoms. The molecule has 2 aromatic rings. The number of halogens is 1. The fraction of sp³-hybridized carbons (Fsp3) is 0.154. The Morgan fingerprint density at radius 3 is 2.76 bits per heavy atom. The van der Waals surface area contributed by atoms with Crippen LogP contribution in [0.15, 0.2) is 29.6 Å². The summed E-state index contributed by atoms with van der Waals surface area (Å²) in [6, 6.07) is 3.58. The van der Waals surface area contributed by atoms with Crippen LogP contribution in [0, 0.1) is 12.7 Å². The zero-order valence-corrected chi connectivity index (χ0v) is 11.5. The first kappa shape index (κ1) is 14.5. The van der Waals surface area contributed by atoms with Gasteiger partial charge in [0.15, 0.2) is 5.84 Å². The van der Waals surface area contributed by atoms with Crippen molar-refractivity contribution in [2.24, 2.45) is 17.9 Å². The number of nitrogens with one attached hydrogen (secondary N) is 1. The van der Waals surface area contributed by atoms with Gasteiger partial charge in [-0.05, 0) is 25.1 Å². The van der Waals surface area contributed by atoms with Gasteiger partial charge in [0.25, 0.3) is 5.91 Å². The van der Waals surface area contributed by atoms with Crippen LogP contribution < -0.4 is 11.1 Å². The maximum absolute atomic E-state index is 13.3. The van der Waals surface area contributed by atoms with E-state index < -0.39 is 11.7 Å². The van der Waals surface area contributed by atoms with Gasteiger partial charge >= 0.3 is 0 Å². The lowest BCUT2D eigenvalue weighted by Gasteiger charge is -2.10. The lowest BCUT2D eigenvalue weighted by atomic mass is 10.1. The third-order valence-electron chi connectivity index (χ3n) is 2.87. The van der Waals surface area contributed by atoms with Crippen molar-refractivity contribution in [3.8, 4) is 0 Å². The Bertz CT molecular complexity index is 723. The van der Waals surface area contributed by atoms with Gasteiger partial charge in [0.1, 0.15) is 5.82 Å². The first-order valence-electron chi connectivity index (χ1n) is 6.01. The predicted molar refractivity (Wildman–Crippen MR) is 74.8 cm³/mol. The fourth-order valence-electron chi connectivity index (χ4n) is 1.90. The van der Waals surface area contributed by atoms with Gasteiger partial charge in [-0.3, -0.25) is 9.48 Å². The smallest absolute Gasteiger partial charge is 0.259 e. The highest BCUT2D eigenvalue weighted by Gasteiger charge is 2.16. The van der Waals surface area contributed by atoms with Crippen molar-refractivity contribution in [1.29, 1.82) is 0 Å². The zero-order chi connectivity index (χ0) is 15.6. The Morgan fingerprint density at radius 1 is 1.48 bits per heavy atom. The van der Waals surface area contributed by atoms with Crippen LogP contribution >= 0.6 is 0 Å². The quantitative estimate of drug-likeness (QED) is 0.342. The van der Waals surface area contributed by atoms with E-state index in [4.69, 9.17) is 10.9 Å². The number of rotatable bonds is 3. The molecule has 0 aliphatic heterocycles. The molecule has 1 aromatic heterocycles. The van der Waals surface area contributed by atoms with Gasteiger partial charge in [-0.15, -0.1) is 0 Å². The largest absolute Gasteiger partial charge is 0.409 e. The van der Waals surface area contributed by atoms with Crippen molar-refractivity contribution in [2.75, 3.05) is 5.32 Å². The van der Waals surface area contributed by atoms with Crippen LogP contribution in [-0.2, 0) is 7.05 Å². The van der Waals surface area contributed by atoms with Crippen LogP contribution in [0.25, 0.3) is 0 Å². The number of aromatic nitrogens is 2. The SMILES string of the molecule is Cc1nn(C)cc1C(=O)Nc1ccc(F)cc1/C(N)=N/O. The van der Waals surface area contributed by atoms with Crippen LogP contribution in [-0.4, -0.2) is 26.7 Å². The second-order valence-electron chi connectivity index (χ2n) is 4.43. The Labute approximate surface area is 119 Å². The minimum Gasteiger partial charge on any atom is -0.409 e. The molecule has 21 heavy (non-hydrogen) atoms. The van der Waals surface area contributed by atoms with Crippen molar-refractivity contribution in [3.63, 3.8) is 0 Å². The van der Waals surface area contributed by atoms with Gasteiger partial charge in [0.2, 0.25) is 0 Å². The molecule has 1 aromatic carbocycles. The molecule has 0 aliphatic carbocycles. The van der Waals surface area contributed by atoms with Gasteiger partial charge in [-0.2, -0.15) is 5.10 Å². The lowest BCUT2D eigenvalue weighted by Crippen LogP contribution is -2.19. The molecule has 7 nitrogen and oxygen atoms in total. The molecule has 2 rings (SSSR count). The third-order valence-corrected chi connectivity index (χ3v) is 2.87. The summed E-state index contributed by atoms with van der Waals surface area (Å²) in [4.78, 5) is 12.2. The summed E-state index contributed by atoms with van der Waals surface area (Å²) in [7, 11) is 1.70. The number of nitrogens with two attached hydrogens (primary N) is 1. The highest BCUT2D eigenvalue weighted by atomic mass is 19.1. The predicted octanol–water partition coefficient (Wildman–Crippen LogP) is 1.21. The van der Waals surface area contributed by atoms with Gasteiger partial charge in [-0.1, -0.05) is 5.16 Å². The van der Waals surface area contributed by atoms with E-state index in [2.05, 4.69) is 15.6 Å². The van der Waals surface area contributed by atoms with E-state index in [-0.39, 0.29) is 17.1 Å². The Balaban J connectivity index is 2.35. The van der Waals surface area contributed by atoms with Crippen LogP contribution in [0.1, 0.15) is 21.6 Å². The fourth-order valence-corrected chi connectivity index (χ4v) is 1.90. The van der Waals surface area contributed by atoms with Crippen LogP contribution in [0.4, 0.5) is 10.1 Å². The summed E-state index contributed by atoms with van der Waals surface area (Å²) in [6.45, 7) is 1.70. The molecule has 0 saturated carbocycles. The number of nitrogens with zero attached hydrogens (tertiary/aromatic N) is 3. The molecule has 0 saturated heterocycles. The van der Waals surface area contributed by atoms with Crippen molar-refractivity contribution in [2.45, 2.75) is 6.92 Å². The third kappa shape index (κ3) is 2.99. The summed E-state index contributed by atoms with van der Waals surface area (Å²) in [5, 5.41) is 18.2. The van der Waals surface area contributed by atoms with E-state index in [1.54, 1.807) is 20.2 Å². The van der Waals surface area contributed by atoms with E-state index in [1.165, 1.54) is 16.8 Å². The summed E-state index contributed by atoms with van der Waals surface area (Å²) in [5.41, 5.74) is 6.74. The number of amidine groups is 1. The molecular formula is C13H14FN5O2. The molecular weight excluding hydrogens is 277 g/mol. The summed E-state index contributed by atoms with van der Waals surface area (Å²) >= 11 is 0. The second-order valence-corrected chi connectivity index (χ2v) is 4.43. The first-order valence-corrected chi connectivity index (χ1v) is 6.01. The standard InChI is InChI=1S/C13H14FN5O2/c1-7-10(6-19(2)17-7)13(20)16-11-4-3-8(14)5-9(11)12(15)18-21/h3-6,21H,1-2H3,(H2,15,18)(H,16,20). The number of hydrogen-bond donors (Lipinski definition) is 3. The normalized spacial score (nSPS) is 11.5. The Kier molecular flexibility index (Phi) is 3.88. The van der Waals surface area contributed by atoms with Crippen molar-refractivity contribution >= 4 is 17.4 Å². The van der Waals surface area contributed by atoms with Crippen molar-refractivity contribution in [1.82, 2.24) is 9.78 Å². The molecule has 4 N–H and O–H groups in total. The second kappa shape index (κ2) is 5.61. The maximum atomic E-state index is 13.3. The molecule has 0 atom stereocenters. The maximum Gasteiger partial charge on any atom is 0.259 e. The molecule has 8 heteroatoms. The van der Waals surface area contributed by atoms with Crippen LogP contribution in [0.3, 0.4) is 0 Å². The summed E-state index contributed by atoms with van der Waals surface area (Å²) in [6.07, 6.45) is 1.57. The lowest BCUT2D eigenvalue weighted by molar-refractivity contribution is 0.102. The molecule has 0 bridgehead atoms. The number of carbonyl (C=O) groups excluding carboxylic acids is 1. The summed E-state index contributed by atoms with van der Waals surface area (Å²) < 4.78 is 14.8. The average Bonchev–Trinajstić information content (AvgIpc) is 2.78. The molecule has 0 unspecified atom stereocenters. The van der Waals surface area contributed by atoms with Gasteiger partial charge < -0.3 is 16.3 Å². The van der Waals surface area contributed by atoms with E-state index in [0.717, 1.165) is 6.07 Å². The number of hydrogen-bond acceptors (Lipinski definition) is 4. The molecule has 0 aliphatic rings. The average molecular weight is 291 g/mol. The monoisotopic (exact) mass is 291 g/mol. The number of benzene rings is 1. The molecule has 0 fully saturated rings. The number of carbonyl (C=O) groups is 1. The van der Waals surface area contributed by atoms with Gasteiger partial charge in [-0.25, -0.2) is 4.39 Å². The number of amides is 1. The molecule has 1 amide bonds. The van der Waals surface area contributed by atoms with E-state index >= 15 is 0 Å². The molecule has 1 heterocycles. The highest BCUT2D eigenvalue weighted by Crippen LogP contribution is 2.18. The van der Waals surface area contributed by atoms with Crippen LogP contribution in [0.2, 0.25) is 0 Å². The van der Waals surface area contributed by atoms with Gasteiger partial charge in [0, 0.05) is 18.8 Å². The highest BCUT2D eigenvalue weighted by molar-refractivity contribution is 6.10.